The van der Waals surface area contributed by atoms with Crippen LogP contribution in [-0.2, 0) is 0 Å². The molecule has 4 rings (SSSR count). The molecule has 0 spiro atoms. The van der Waals surface area contributed by atoms with Crippen molar-refractivity contribution in [1.29, 1.82) is 0 Å². The zero-order chi connectivity index (χ0) is 20.2. The summed E-state index contributed by atoms with van der Waals surface area (Å²) in [5.41, 5.74) is 3.47. The molecule has 4 aromatic rings. The van der Waals surface area contributed by atoms with Gasteiger partial charge in [-0.25, -0.2) is 0 Å². The molecular formula is C23H19ClN2O2S. The number of carbonyl (C=O) groups excluding carboxylic acids is 1. The first-order valence-corrected chi connectivity index (χ1v) is 10.5. The van der Waals surface area contributed by atoms with E-state index >= 15 is 0 Å². The predicted molar refractivity (Wildman–Crippen MR) is 120 cm³/mol. The lowest BCUT2D eigenvalue weighted by Crippen LogP contribution is -2.14. The molecule has 146 valence electrons. The van der Waals surface area contributed by atoms with Gasteiger partial charge in [0.2, 0.25) is 0 Å². The largest absolute Gasteiger partial charge is 0.492 e. The normalized spacial score (nSPS) is 10.7. The molecular weight excluding hydrogens is 404 g/mol. The summed E-state index contributed by atoms with van der Waals surface area (Å²) in [6.45, 7) is 2.45. The second kappa shape index (κ2) is 8.55. The minimum atomic E-state index is -0.175. The van der Waals surface area contributed by atoms with Gasteiger partial charge in [-0.05, 0) is 48.9 Å². The van der Waals surface area contributed by atoms with Gasteiger partial charge in [-0.2, -0.15) is 0 Å². The van der Waals surface area contributed by atoms with E-state index in [1.165, 1.54) is 11.3 Å². The number of nitrogens with one attached hydrogen (secondary N) is 1. The third-order valence-electron chi connectivity index (χ3n) is 4.42. The van der Waals surface area contributed by atoms with Crippen LogP contribution in [0.25, 0.3) is 16.8 Å². The van der Waals surface area contributed by atoms with Crippen molar-refractivity contribution >= 4 is 34.5 Å². The zero-order valence-corrected chi connectivity index (χ0v) is 17.3. The van der Waals surface area contributed by atoms with Crippen molar-refractivity contribution in [2.75, 3.05) is 11.9 Å². The van der Waals surface area contributed by atoms with Gasteiger partial charge in [0, 0.05) is 28.4 Å². The average Bonchev–Trinajstić information content (AvgIpc) is 3.40. The van der Waals surface area contributed by atoms with E-state index in [1.807, 2.05) is 89.9 Å². The standard InChI is InChI=1S/C23H19ClN2O2S/c1-2-28-20-8-4-3-7-19(20)25-23(27)22-21(26-13-5-6-14-26)18(15-29-22)16-9-11-17(24)12-10-16/h3-15H,2H2,1H3,(H,25,27). The molecule has 0 atom stereocenters. The minimum absolute atomic E-state index is 0.175. The number of aromatic nitrogens is 1. The Balaban J connectivity index is 1.74. The van der Waals surface area contributed by atoms with Gasteiger partial charge >= 0.3 is 0 Å². The van der Waals surface area contributed by atoms with Gasteiger partial charge in [-0.1, -0.05) is 35.9 Å². The number of benzene rings is 2. The monoisotopic (exact) mass is 422 g/mol. The first kappa shape index (κ1) is 19.3. The molecule has 1 amide bonds. The third-order valence-corrected chi connectivity index (χ3v) is 5.64. The first-order valence-electron chi connectivity index (χ1n) is 9.21. The van der Waals surface area contributed by atoms with Gasteiger partial charge < -0.3 is 14.6 Å². The molecule has 2 heterocycles. The predicted octanol–water partition coefficient (Wildman–Crippen LogP) is 6.51. The summed E-state index contributed by atoms with van der Waals surface area (Å²) >= 11 is 7.46. The Morgan fingerprint density at radius 3 is 2.52 bits per heavy atom. The Hall–Kier alpha value is -3.02. The van der Waals surface area contributed by atoms with Crippen molar-refractivity contribution in [2.24, 2.45) is 0 Å². The average molecular weight is 423 g/mol. The summed E-state index contributed by atoms with van der Waals surface area (Å²) in [5, 5.41) is 5.68. The molecule has 0 saturated carbocycles. The molecule has 2 aromatic heterocycles. The van der Waals surface area contributed by atoms with Crippen LogP contribution in [0, 0.1) is 0 Å². The van der Waals surface area contributed by atoms with Crippen LogP contribution in [0.2, 0.25) is 5.02 Å². The van der Waals surface area contributed by atoms with Crippen LogP contribution in [0.1, 0.15) is 16.6 Å². The van der Waals surface area contributed by atoms with E-state index < -0.39 is 0 Å². The highest BCUT2D eigenvalue weighted by molar-refractivity contribution is 7.13. The van der Waals surface area contributed by atoms with Crippen LogP contribution >= 0.6 is 22.9 Å². The lowest BCUT2D eigenvalue weighted by atomic mass is 10.1. The number of anilines is 1. The second-order valence-electron chi connectivity index (χ2n) is 6.31. The topological polar surface area (TPSA) is 43.3 Å². The highest BCUT2D eigenvalue weighted by Crippen LogP contribution is 2.36. The van der Waals surface area contributed by atoms with E-state index in [4.69, 9.17) is 16.3 Å². The van der Waals surface area contributed by atoms with Gasteiger partial charge in [0.25, 0.3) is 5.91 Å². The van der Waals surface area contributed by atoms with Crippen LogP contribution in [-0.4, -0.2) is 17.1 Å². The lowest BCUT2D eigenvalue weighted by Gasteiger charge is -2.13. The van der Waals surface area contributed by atoms with Crippen LogP contribution in [0.4, 0.5) is 5.69 Å². The number of hydrogen-bond acceptors (Lipinski definition) is 3. The quantitative estimate of drug-likeness (QED) is 0.385. The Morgan fingerprint density at radius 2 is 1.79 bits per heavy atom. The number of thiophene rings is 1. The Kier molecular flexibility index (Phi) is 5.69. The maximum Gasteiger partial charge on any atom is 0.268 e. The van der Waals surface area contributed by atoms with Crippen molar-refractivity contribution in [1.82, 2.24) is 4.57 Å². The summed E-state index contributed by atoms with van der Waals surface area (Å²) < 4.78 is 7.60. The van der Waals surface area contributed by atoms with Crippen molar-refractivity contribution < 1.29 is 9.53 Å². The minimum Gasteiger partial charge on any atom is -0.492 e. The Bertz CT molecular complexity index is 1120. The molecule has 0 aliphatic carbocycles. The zero-order valence-electron chi connectivity index (χ0n) is 15.8. The van der Waals surface area contributed by atoms with E-state index in [1.54, 1.807) is 0 Å². The fraction of sp³-hybridized carbons (Fsp3) is 0.0870. The molecule has 0 aliphatic heterocycles. The van der Waals surface area contributed by atoms with Gasteiger partial charge in [0.15, 0.2) is 0 Å². The van der Waals surface area contributed by atoms with Crippen LogP contribution < -0.4 is 10.1 Å². The summed E-state index contributed by atoms with van der Waals surface area (Å²) in [6, 6.07) is 19.0. The van der Waals surface area contributed by atoms with E-state index in [9.17, 15) is 4.79 Å². The second-order valence-corrected chi connectivity index (χ2v) is 7.62. The Morgan fingerprint density at radius 1 is 1.07 bits per heavy atom. The molecule has 0 unspecified atom stereocenters. The van der Waals surface area contributed by atoms with Crippen molar-refractivity contribution in [3.63, 3.8) is 0 Å². The number of halogens is 1. The maximum absolute atomic E-state index is 13.2. The number of ether oxygens (including phenoxy) is 1. The highest BCUT2D eigenvalue weighted by Gasteiger charge is 2.21. The SMILES string of the molecule is CCOc1ccccc1NC(=O)c1scc(-c2ccc(Cl)cc2)c1-n1cccc1. The number of para-hydroxylation sites is 2. The smallest absolute Gasteiger partial charge is 0.268 e. The molecule has 6 heteroatoms. The summed E-state index contributed by atoms with van der Waals surface area (Å²) in [4.78, 5) is 13.8. The number of amides is 1. The molecule has 29 heavy (non-hydrogen) atoms. The van der Waals surface area contributed by atoms with Crippen LogP contribution in [0.5, 0.6) is 5.75 Å². The number of nitrogens with zero attached hydrogens (tertiary/aromatic N) is 1. The van der Waals surface area contributed by atoms with E-state index in [0.717, 1.165) is 16.8 Å². The lowest BCUT2D eigenvalue weighted by molar-refractivity contribution is 0.103. The van der Waals surface area contributed by atoms with Gasteiger partial charge in [0.1, 0.15) is 10.6 Å². The van der Waals surface area contributed by atoms with Gasteiger partial charge in [-0.15, -0.1) is 11.3 Å². The summed E-state index contributed by atoms with van der Waals surface area (Å²) in [6.07, 6.45) is 3.87. The molecule has 2 aromatic carbocycles. The summed E-state index contributed by atoms with van der Waals surface area (Å²) in [7, 11) is 0. The highest BCUT2D eigenvalue weighted by atomic mass is 35.5. The summed E-state index contributed by atoms with van der Waals surface area (Å²) in [5.74, 6) is 0.478. The fourth-order valence-electron chi connectivity index (χ4n) is 3.12. The number of hydrogen-bond donors (Lipinski definition) is 1. The van der Waals surface area contributed by atoms with Gasteiger partial charge in [-0.3, -0.25) is 4.79 Å². The maximum atomic E-state index is 13.2. The van der Waals surface area contributed by atoms with Crippen molar-refractivity contribution in [2.45, 2.75) is 6.92 Å². The molecule has 0 aliphatic rings. The molecule has 0 saturated heterocycles. The van der Waals surface area contributed by atoms with E-state index in [0.29, 0.717) is 27.9 Å². The van der Waals surface area contributed by atoms with E-state index in [-0.39, 0.29) is 5.91 Å². The Labute approximate surface area is 178 Å². The number of carbonyl (C=O) groups is 1. The van der Waals surface area contributed by atoms with Crippen LogP contribution in [0.15, 0.2) is 78.4 Å². The molecule has 0 fully saturated rings. The number of rotatable bonds is 6. The van der Waals surface area contributed by atoms with Crippen molar-refractivity contribution in [3.8, 4) is 22.6 Å². The first-order chi connectivity index (χ1) is 14.2. The molecule has 1 N–H and O–H groups in total. The van der Waals surface area contributed by atoms with E-state index in [2.05, 4.69) is 5.32 Å². The third kappa shape index (κ3) is 4.06. The molecule has 4 nitrogen and oxygen atoms in total. The van der Waals surface area contributed by atoms with Crippen LogP contribution in [0.3, 0.4) is 0 Å². The molecule has 0 bridgehead atoms. The fourth-order valence-corrected chi connectivity index (χ4v) is 4.21. The van der Waals surface area contributed by atoms with Crippen molar-refractivity contribution in [3.05, 3.63) is 88.3 Å². The molecule has 0 radical (unpaired) electrons. The van der Waals surface area contributed by atoms with Gasteiger partial charge in [0.05, 0.1) is 18.0 Å².